The number of hydrogen-bond donors (Lipinski definition) is 3. The third-order valence-corrected chi connectivity index (χ3v) is 4.64. The van der Waals surface area contributed by atoms with Crippen molar-refractivity contribution in [3.63, 3.8) is 0 Å². The van der Waals surface area contributed by atoms with Crippen molar-refractivity contribution in [2.24, 2.45) is 0 Å². The zero-order valence-corrected chi connectivity index (χ0v) is 14.8. The number of anilines is 3. The van der Waals surface area contributed by atoms with Crippen molar-refractivity contribution in [3.05, 3.63) is 60.2 Å². The maximum Gasteiger partial charge on any atom is 0.243 e. The molecule has 0 bridgehead atoms. The molecule has 0 saturated heterocycles. The van der Waals surface area contributed by atoms with Crippen LogP contribution in [-0.4, -0.2) is 36.3 Å². The average Bonchev–Trinajstić information content (AvgIpc) is 3.24. The lowest BCUT2D eigenvalue weighted by atomic mass is 10.3. The van der Waals surface area contributed by atoms with E-state index in [4.69, 9.17) is 0 Å². The van der Waals surface area contributed by atoms with Gasteiger partial charge in [-0.15, -0.1) is 5.10 Å². The van der Waals surface area contributed by atoms with Crippen LogP contribution in [0.4, 0.5) is 17.6 Å². The summed E-state index contributed by atoms with van der Waals surface area (Å²) < 4.78 is 1.81. The van der Waals surface area contributed by atoms with Crippen LogP contribution < -0.4 is 10.6 Å². The highest BCUT2D eigenvalue weighted by Crippen LogP contribution is 2.39. The highest BCUT2D eigenvalue weighted by atomic mass is 15.3. The van der Waals surface area contributed by atoms with Gasteiger partial charge in [-0.25, -0.2) is 4.52 Å². The summed E-state index contributed by atoms with van der Waals surface area (Å²) in [4.78, 5) is 8.98. The van der Waals surface area contributed by atoms with Gasteiger partial charge in [-0.05, 0) is 37.1 Å². The highest BCUT2D eigenvalue weighted by Gasteiger charge is 2.25. The molecular formula is C19H20N8. The van der Waals surface area contributed by atoms with Crippen molar-refractivity contribution in [2.45, 2.75) is 25.2 Å². The van der Waals surface area contributed by atoms with Gasteiger partial charge >= 0.3 is 0 Å². The lowest BCUT2D eigenvalue weighted by Gasteiger charge is -2.09. The Morgan fingerprint density at radius 2 is 2.15 bits per heavy atom. The number of nitrogens with zero attached hydrogens (tertiary/aromatic N) is 5. The van der Waals surface area contributed by atoms with Crippen LogP contribution in [0.1, 0.15) is 30.1 Å². The van der Waals surface area contributed by atoms with Gasteiger partial charge in [-0.3, -0.25) is 10.1 Å². The number of fused-ring (bicyclic) bond motifs is 1. The van der Waals surface area contributed by atoms with Crippen molar-refractivity contribution in [3.8, 4) is 0 Å². The topological polar surface area (TPSA) is 95.8 Å². The second-order valence-electron chi connectivity index (χ2n) is 6.73. The summed E-state index contributed by atoms with van der Waals surface area (Å²) in [7, 11) is 0. The standard InChI is InChI=1S/C19H20N8/c1-2-9-20-14(4-1)8-10-21-19-23-18(16-5-3-11-27(16)26-19)22-17-12-15(24-25-17)13-6-7-13/h1-5,9,11-13H,6-8,10H2,(H3,21,22,23,24,25,26). The zero-order valence-electron chi connectivity index (χ0n) is 14.8. The van der Waals surface area contributed by atoms with Gasteiger partial charge in [-0.1, -0.05) is 6.07 Å². The molecule has 0 aliphatic heterocycles. The summed E-state index contributed by atoms with van der Waals surface area (Å²) in [5.41, 5.74) is 3.13. The third-order valence-electron chi connectivity index (χ3n) is 4.64. The summed E-state index contributed by atoms with van der Waals surface area (Å²) in [5, 5.41) is 18.6. The highest BCUT2D eigenvalue weighted by molar-refractivity contribution is 5.73. The molecule has 4 aromatic rings. The summed E-state index contributed by atoms with van der Waals surface area (Å²) in [6, 6.07) is 11.9. The van der Waals surface area contributed by atoms with Gasteiger partial charge in [-0.2, -0.15) is 10.1 Å². The van der Waals surface area contributed by atoms with Crippen LogP contribution in [0.2, 0.25) is 0 Å². The lowest BCUT2D eigenvalue weighted by Crippen LogP contribution is -2.12. The van der Waals surface area contributed by atoms with E-state index in [1.54, 1.807) is 6.20 Å². The Morgan fingerprint density at radius 3 is 3.00 bits per heavy atom. The van der Waals surface area contributed by atoms with E-state index in [0.717, 1.165) is 29.3 Å². The summed E-state index contributed by atoms with van der Waals surface area (Å²) >= 11 is 0. The summed E-state index contributed by atoms with van der Waals surface area (Å²) in [6.07, 6.45) is 7.00. The first-order chi connectivity index (χ1) is 13.3. The molecule has 0 unspecified atom stereocenters. The molecule has 0 atom stereocenters. The number of hydrogen-bond acceptors (Lipinski definition) is 6. The predicted octanol–water partition coefficient (Wildman–Crippen LogP) is 3.12. The smallest absolute Gasteiger partial charge is 0.243 e. The van der Waals surface area contributed by atoms with Crippen molar-refractivity contribution in [1.82, 2.24) is 29.8 Å². The monoisotopic (exact) mass is 360 g/mol. The first kappa shape index (κ1) is 15.8. The Labute approximate surface area is 156 Å². The summed E-state index contributed by atoms with van der Waals surface area (Å²) in [5.74, 6) is 2.70. The van der Waals surface area contributed by atoms with Crippen LogP contribution in [0.15, 0.2) is 48.8 Å². The van der Waals surface area contributed by atoms with E-state index in [1.165, 1.54) is 18.5 Å². The van der Waals surface area contributed by atoms with E-state index in [0.29, 0.717) is 18.4 Å². The van der Waals surface area contributed by atoms with E-state index in [9.17, 15) is 0 Å². The van der Waals surface area contributed by atoms with Crippen LogP contribution in [0.3, 0.4) is 0 Å². The molecule has 4 heterocycles. The normalized spacial score (nSPS) is 13.8. The number of rotatable bonds is 7. The molecular weight excluding hydrogens is 340 g/mol. The Balaban J connectivity index is 1.34. The molecule has 0 radical (unpaired) electrons. The van der Waals surface area contributed by atoms with Gasteiger partial charge in [0.05, 0.1) is 0 Å². The molecule has 5 rings (SSSR count). The van der Waals surface area contributed by atoms with Crippen molar-refractivity contribution in [2.75, 3.05) is 17.2 Å². The van der Waals surface area contributed by atoms with Crippen LogP contribution in [-0.2, 0) is 6.42 Å². The Kier molecular flexibility index (Phi) is 3.93. The van der Waals surface area contributed by atoms with Crippen LogP contribution >= 0.6 is 0 Å². The van der Waals surface area contributed by atoms with Gasteiger partial charge in [0.1, 0.15) is 5.52 Å². The molecule has 1 fully saturated rings. The molecule has 1 saturated carbocycles. The predicted molar refractivity (Wildman–Crippen MR) is 103 cm³/mol. The van der Waals surface area contributed by atoms with Gasteiger partial charge in [0, 0.05) is 48.7 Å². The first-order valence-electron chi connectivity index (χ1n) is 9.17. The molecule has 136 valence electrons. The molecule has 1 aliphatic rings. The van der Waals surface area contributed by atoms with Crippen LogP contribution in [0.5, 0.6) is 0 Å². The van der Waals surface area contributed by atoms with E-state index in [-0.39, 0.29) is 0 Å². The molecule has 3 N–H and O–H groups in total. The van der Waals surface area contributed by atoms with Crippen LogP contribution in [0.25, 0.3) is 5.52 Å². The van der Waals surface area contributed by atoms with Gasteiger partial charge < -0.3 is 10.6 Å². The Bertz CT molecular complexity index is 1050. The quantitative estimate of drug-likeness (QED) is 0.469. The van der Waals surface area contributed by atoms with E-state index >= 15 is 0 Å². The second kappa shape index (κ2) is 6.71. The van der Waals surface area contributed by atoms with Crippen molar-refractivity contribution >= 4 is 23.1 Å². The maximum absolute atomic E-state index is 4.64. The lowest BCUT2D eigenvalue weighted by molar-refractivity contribution is 0.878. The zero-order chi connectivity index (χ0) is 18.1. The second-order valence-corrected chi connectivity index (χ2v) is 6.73. The van der Waals surface area contributed by atoms with Crippen LogP contribution in [0, 0.1) is 0 Å². The molecule has 0 amide bonds. The van der Waals surface area contributed by atoms with Gasteiger partial charge in [0.2, 0.25) is 5.95 Å². The molecule has 27 heavy (non-hydrogen) atoms. The molecule has 8 heteroatoms. The van der Waals surface area contributed by atoms with E-state index in [2.05, 4.69) is 42.0 Å². The number of aromatic amines is 1. The Morgan fingerprint density at radius 1 is 1.19 bits per heavy atom. The number of H-pyrrole nitrogens is 1. The molecule has 0 spiro atoms. The average molecular weight is 360 g/mol. The van der Waals surface area contributed by atoms with E-state index in [1.807, 2.05) is 41.0 Å². The van der Waals surface area contributed by atoms with Gasteiger partial charge in [0.15, 0.2) is 11.6 Å². The minimum absolute atomic E-state index is 0.565. The molecule has 4 aromatic heterocycles. The fraction of sp³-hybridized carbons (Fsp3) is 0.263. The van der Waals surface area contributed by atoms with Crippen molar-refractivity contribution < 1.29 is 0 Å². The maximum atomic E-state index is 4.64. The Hall–Kier alpha value is -3.42. The largest absolute Gasteiger partial charge is 0.353 e. The third kappa shape index (κ3) is 3.46. The summed E-state index contributed by atoms with van der Waals surface area (Å²) in [6.45, 7) is 0.706. The molecule has 1 aliphatic carbocycles. The number of pyridine rings is 1. The van der Waals surface area contributed by atoms with Crippen molar-refractivity contribution in [1.29, 1.82) is 0 Å². The molecule has 8 nitrogen and oxygen atoms in total. The van der Waals surface area contributed by atoms with Gasteiger partial charge in [0.25, 0.3) is 0 Å². The minimum Gasteiger partial charge on any atom is -0.353 e. The SMILES string of the molecule is c1ccc(CCNc2nc(Nc3cc(C4CC4)[nH]n3)c3cccn3n2)nc1. The van der Waals surface area contributed by atoms with E-state index < -0.39 is 0 Å². The number of aromatic nitrogens is 6. The first-order valence-corrected chi connectivity index (χ1v) is 9.17. The molecule has 0 aromatic carbocycles. The number of nitrogens with one attached hydrogen (secondary N) is 3. The minimum atomic E-state index is 0.565. The fourth-order valence-corrected chi connectivity index (χ4v) is 3.08. The fourth-order valence-electron chi connectivity index (χ4n) is 3.08.